The number of rotatable bonds is 2. The van der Waals surface area contributed by atoms with E-state index in [1.165, 1.54) is 0 Å². The highest BCUT2D eigenvalue weighted by Gasteiger charge is 2.19. The number of para-hydroxylation sites is 2. The van der Waals surface area contributed by atoms with E-state index >= 15 is 0 Å². The average molecular weight is 308 g/mol. The first kappa shape index (κ1) is 14.3. The van der Waals surface area contributed by atoms with Gasteiger partial charge in [-0.05, 0) is 44.0 Å². The monoisotopic (exact) mass is 308 g/mol. The van der Waals surface area contributed by atoms with Crippen LogP contribution in [0.2, 0.25) is 0 Å². The van der Waals surface area contributed by atoms with Crippen LogP contribution in [0.25, 0.3) is 21.8 Å². The fraction of sp³-hybridized carbons (Fsp3) is 0.316. The lowest BCUT2D eigenvalue weighted by Crippen LogP contribution is -2.31. The van der Waals surface area contributed by atoms with Crippen LogP contribution in [0.4, 0.5) is 4.79 Å². The number of carbonyl (C=O) groups is 1. The Bertz CT molecular complexity index is 794. The highest BCUT2D eigenvalue weighted by atomic mass is 16.5. The second-order valence-electron chi connectivity index (χ2n) is 6.14. The highest BCUT2D eigenvalue weighted by molar-refractivity contribution is 6.12. The molecule has 0 unspecified atom stereocenters. The van der Waals surface area contributed by atoms with E-state index in [4.69, 9.17) is 4.74 Å². The van der Waals surface area contributed by atoms with E-state index < -0.39 is 0 Å². The van der Waals surface area contributed by atoms with Crippen molar-refractivity contribution in [2.24, 2.45) is 5.92 Å². The number of piperidine rings is 1. The number of ether oxygens (including phenoxy) is 1. The minimum atomic E-state index is -0.277. The molecule has 2 heterocycles. The Kier molecular flexibility index (Phi) is 3.75. The summed E-state index contributed by atoms with van der Waals surface area (Å²) in [6, 6.07) is 16.0. The average Bonchev–Trinajstić information content (AvgIpc) is 2.95. The summed E-state index contributed by atoms with van der Waals surface area (Å²) in [5.74, 6) is 0.466. The third kappa shape index (κ3) is 2.59. The molecule has 0 radical (unpaired) electrons. The summed E-state index contributed by atoms with van der Waals surface area (Å²) in [4.78, 5) is 12.7. The van der Waals surface area contributed by atoms with Crippen molar-refractivity contribution in [2.75, 3.05) is 19.7 Å². The maximum absolute atomic E-state index is 12.7. The van der Waals surface area contributed by atoms with E-state index in [2.05, 4.69) is 5.32 Å². The van der Waals surface area contributed by atoms with Gasteiger partial charge < -0.3 is 10.1 Å². The molecule has 1 saturated heterocycles. The van der Waals surface area contributed by atoms with Crippen molar-refractivity contribution in [3.8, 4) is 0 Å². The maximum atomic E-state index is 12.7. The number of carbonyl (C=O) groups excluding carboxylic acids is 1. The number of nitrogens with zero attached hydrogens (tertiary/aromatic N) is 1. The molecule has 4 nitrogen and oxygen atoms in total. The lowest BCUT2D eigenvalue weighted by Gasteiger charge is -2.22. The van der Waals surface area contributed by atoms with Crippen LogP contribution in [0.5, 0.6) is 0 Å². The van der Waals surface area contributed by atoms with Gasteiger partial charge in [0.1, 0.15) is 0 Å². The van der Waals surface area contributed by atoms with E-state index in [0.717, 1.165) is 47.7 Å². The Hall–Kier alpha value is -2.33. The summed E-state index contributed by atoms with van der Waals surface area (Å²) < 4.78 is 7.34. The Balaban J connectivity index is 1.67. The smallest absolute Gasteiger partial charge is 0.418 e. The van der Waals surface area contributed by atoms with Crippen molar-refractivity contribution in [3.63, 3.8) is 0 Å². The normalized spacial score (nSPS) is 16.0. The Labute approximate surface area is 135 Å². The van der Waals surface area contributed by atoms with Gasteiger partial charge in [0.25, 0.3) is 0 Å². The molecule has 3 aromatic rings. The zero-order valence-corrected chi connectivity index (χ0v) is 13.0. The molecule has 0 bridgehead atoms. The highest BCUT2D eigenvalue weighted by Crippen LogP contribution is 2.28. The summed E-state index contributed by atoms with van der Waals surface area (Å²) in [6.07, 6.45) is 1.86. The Morgan fingerprint density at radius 3 is 2.17 bits per heavy atom. The molecule has 4 heteroatoms. The molecule has 23 heavy (non-hydrogen) atoms. The van der Waals surface area contributed by atoms with Gasteiger partial charge in [-0.15, -0.1) is 0 Å². The van der Waals surface area contributed by atoms with Crippen molar-refractivity contribution in [1.82, 2.24) is 9.88 Å². The van der Waals surface area contributed by atoms with Gasteiger partial charge in [0.15, 0.2) is 0 Å². The molecule has 1 aromatic heterocycles. The Morgan fingerprint density at radius 1 is 1.00 bits per heavy atom. The zero-order valence-electron chi connectivity index (χ0n) is 13.0. The molecule has 4 rings (SSSR count). The van der Waals surface area contributed by atoms with E-state index in [1.54, 1.807) is 4.57 Å². The van der Waals surface area contributed by atoms with Crippen LogP contribution in [-0.4, -0.2) is 30.4 Å². The molecule has 0 aliphatic carbocycles. The molecule has 0 saturated carbocycles. The molecule has 1 aliphatic rings. The molecule has 2 aromatic carbocycles. The maximum Gasteiger partial charge on any atom is 0.418 e. The molecule has 1 fully saturated rings. The van der Waals surface area contributed by atoms with Crippen molar-refractivity contribution < 1.29 is 9.53 Å². The first-order valence-electron chi connectivity index (χ1n) is 8.20. The van der Waals surface area contributed by atoms with Gasteiger partial charge in [-0.1, -0.05) is 36.4 Å². The molecule has 0 atom stereocenters. The minimum Gasteiger partial charge on any atom is -0.449 e. The van der Waals surface area contributed by atoms with Crippen molar-refractivity contribution in [3.05, 3.63) is 48.5 Å². The summed E-state index contributed by atoms with van der Waals surface area (Å²) in [5, 5.41) is 5.50. The quantitative estimate of drug-likeness (QED) is 0.783. The number of nitrogens with one attached hydrogen (secondary N) is 1. The molecule has 0 amide bonds. The zero-order chi connectivity index (χ0) is 15.6. The first-order valence-corrected chi connectivity index (χ1v) is 8.20. The lowest BCUT2D eigenvalue weighted by atomic mass is 9.99. The summed E-state index contributed by atoms with van der Waals surface area (Å²) in [7, 11) is 0. The summed E-state index contributed by atoms with van der Waals surface area (Å²) in [6.45, 7) is 2.52. The van der Waals surface area contributed by atoms with Crippen LogP contribution in [0.3, 0.4) is 0 Å². The van der Waals surface area contributed by atoms with E-state index in [-0.39, 0.29) is 6.09 Å². The number of hydrogen-bond acceptors (Lipinski definition) is 3. The summed E-state index contributed by atoms with van der Waals surface area (Å²) in [5.41, 5.74) is 1.81. The van der Waals surface area contributed by atoms with Crippen LogP contribution >= 0.6 is 0 Å². The van der Waals surface area contributed by atoms with Gasteiger partial charge in [-0.2, -0.15) is 0 Å². The number of aromatic nitrogens is 1. The largest absolute Gasteiger partial charge is 0.449 e. The fourth-order valence-electron chi connectivity index (χ4n) is 3.42. The topological polar surface area (TPSA) is 43.3 Å². The third-order valence-corrected chi connectivity index (χ3v) is 4.66. The predicted octanol–water partition coefficient (Wildman–Crippen LogP) is 3.78. The molecule has 0 spiro atoms. The fourth-order valence-corrected chi connectivity index (χ4v) is 3.42. The van der Waals surface area contributed by atoms with Crippen molar-refractivity contribution >= 4 is 27.9 Å². The predicted molar refractivity (Wildman–Crippen MR) is 91.8 cm³/mol. The van der Waals surface area contributed by atoms with Gasteiger partial charge in [0, 0.05) is 10.8 Å². The first-order chi connectivity index (χ1) is 11.3. The van der Waals surface area contributed by atoms with Gasteiger partial charge in [-0.3, -0.25) is 0 Å². The van der Waals surface area contributed by atoms with Crippen LogP contribution in [0.15, 0.2) is 48.5 Å². The Morgan fingerprint density at radius 2 is 1.57 bits per heavy atom. The minimum absolute atomic E-state index is 0.277. The van der Waals surface area contributed by atoms with Crippen molar-refractivity contribution in [2.45, 2.75) is 12.8 Å². The van der Waals surface area contributed by atoms with Gasteiger partial charge in [0.2, 0.25) is 0 Å². The molecule has 1 aliphatic heterocycles. The van der Waals surface area contributed by atoms with Crippen LogP contribution in [0.1, 0.15) is 12.8 Å². The van der Waals surface area contributed by atoms with Gasteiger partial charge in [-0.25, -0.2) is 9.36 Å². The van der Waals surface area contributed by atoms with Crippen LogP contribution < -0.4 is 5.32 Å². The van der Waals surface area contributed by atoms with Gasteiger partial charge >= 0.3 is 6.09 Å². The number of hydrogen-bond donors (Lipinski definition) is 1. The summed E-state index contributed by atoms with van der Waals surface area (Å²) >= 11 is 0. The van der Waals surface area contributed by atoms with Crippen LogP contribution in [0, 0.1) is 5.92 Å². The molecular formula is C19H20N2O2. The number of fused-ring (bicyclic) bond motifs is 3. The second kappa shape index (κ2) is 6.05. The third-order valence-electron chi connectivity index (χ3n) is 4.66. The molecule has 118 valence electrons. The van der Waals surface area contributed by atoms with E-state index in [1.807, 2.05) is 48.5 Å². The van der Waals surface area contributed by atoms with E-state index in [0.29, 0.717) is 12.5 Å². The van der Waals surface area contributed by atoms with Gasteiger partial charge in [0.05, 0.1) is 17.6 Å². The standard InChI is InChI=1S/C19H20N2O2/c22-19(23-13-14-9-11-20-12-10-14)21-17-7-3-1-5-15(17)16-6-2-4-8-18(16)21/h1-8,14,20H,9-13H2. The molecule has 1 N–H and O–H groups in total. The van der Waals surface area contributed by atoms with Crippen LogP contribution in [-0.2, 0) is 4.74 Å². The van der Waals surface area contributed by atoms with Crippen molar-refractivity contribution in [1.29, 1.82) is 0 Å². The van der Waals surface area contributed by atoms with E-state index in [9.17, 15) is 4.79 Å². The second-order valence-corrected chi connectivity index (χ2v) is 6.14. The number of benzene rings is 2. The SMILES string of the molecule is O=C(OCC1CCNCC1)n1c2ccccc2c2ccccc21. The molecular weight excluding hydrogens is 288 g/mol. The lowest BCUT2D eigenvalue weighted by molar-refractivity contribution is 0.121.